The Balaban J connectivity index is 1.26. The van der Waals surface area contributed by atoms with Gasteiger partial charge in [0.2, 0.25) is 0 Å². The van der Waals surface area contributed by atoms with Crippen LogP contribution >= 0.6 is 0 Å². The molecule has 5 rings (SSSR count). The number of nitrogens with zero attached hydrogens (tertiary/aromatic N) is 3. The summed E-state index contributed by atoms with van der Waals surface area (Å²) in [6.45, 7) is 5.57. The predicted molar refractivity (Wildman–Crippen MR) is 130 cm³/mol. The molecule has 0 radical (unpaired) electrons. The first kappa shape index (κ1) is 21.0. The minimum absolute atomic E-state index is 0.00591. The Bertz CT molecular complexity index is 1270. The number of hydrogen-bond acceptors (Lipinski definition) is 4. The molecule has 0 spiro atoms. The summed E-state index contributed by atoms with van der Waals surface area (Å²) >= 11 is -0.270. The van der Waals surface area contributed by atoms with Gasteiger partial charge in [0.15, 0.2) is 0 Å². The van der Waals surface area contributed by atoms with Gasteiger partial charge in [-0.15, -0.1) is 0 Å². The fraction of sp³-hybridized carbons (Fsp3) is 0.231. The van der Waals surface area contributed by atoms with Gasteiger partial charge in [0.1, 0.15) is 0 Å². The van der Waals surface area contributed by atoms with Gasteiger partial charge in [-0.3, -0.25) is 0 Å². The standard InChI is InChI=1S/C26H25N3O2Se/c30-25(20-7-3-1-4-8-20)21-11-12-23-24(19-21)32-26(31)29(23)18-15-27-13-16-28(17-14-27)22-9-5-2-6-10-22/h1-12,19H,13-18H2. The van der Waals surface area contributed by atoms with E-state index in [0.29, 0.717) is 17.7 Å². The van der Waals surface area contributed by atoms with Gasteiger partial charge in [-0.1, -0.05) is 0 Å². The second kappa shape index (κ2) is 9.29. The van der Waals surface area contributed by atoms with Gasteiger partial charge < -0.3 is 0 Å². The molecule has 1 saturated heterocycles. The van der Waals surface area contributed by atoms with Crippen LogP contribution in [0, 0.1) is 0 Å². The average molecular weight is 490 g/mol. The molecule has 4 aromatic rings. The molecule has 0 atom stereocenters. The minimum atomic E-state index is -0.270. The fourth-order valence-corrected chi connectivity index (χ4v) is 6.29. The van der Waals surface area contributed by atoms with Gasteiger partial charge >= 0.3 is 193 Å². The van der Waals surface area contributed by atoms with Crippen molar-refractivity contribution in [3.05, 3.63) is 99.2 Å². The zero-order chi connectivity index (χ0) is 21.9. The van der Waals surface area contributed by atoms with E-state index in [-0.39, 0.29) is 24.7 Å². The first-order valence-electron chi connectivity index (χ1n) is 10.9. The maximum atomic E-state index is 12.8. The third-order valence-corrected chi connectivity index (χ3v) is 8.08. The molecule has 6 heteroatoms. The van der Waals surface area contributed by atoms with Crippen molar-refractivity contribution in [3.8, 4) is 0 Å². The number of hydrogen-bond donors (Lipinski definition) is 0. The third kappa shape index (κ3) is 4.35. The molecule has 2 heterocycles. The summed E-state index contributed by atoms with van der Waals surface area (Å²) in [7, 11) is 0. The van der Waals surface area contributed by atoms with Gasteiger partial charge in [-0.25, -0.2) is 0 Å². The molecule has 1 aromatic heterocycles. The number of aromatic nitrogens is 1. The van der Waals surface area contributed by atoms with Crippen LogP contribution in [0.1, 0.15) is 15.9 Å². The van der Waals surface area contributed by atoms with Crippen LogP contribution in [0.5, 0.6) is 0 Å². The summed E-state index contributed by atoms with van der Waals surface area (Å²) in [6.07, 6.45) is 0. The number of benzene rings is 3. The van der Waals surface area contributed by atoms with E-state index in [9.17, 15) is 9.59 Å². The molecule has 0 bridgehead atoms. The Kier molecular flexibility index (Phi) is 6.08. The van der Waals surface area contributed by atoms with Crippen molar-refractivity contribution in [2.24, 2.45) is 0 Å². The number of anilines is 1. The van der Waals surface area contributed by atoms with Crippen molar-refractivity contribution >= 4 is 35.8 Å². The summed E-state index contributed by atoms with van der Waals surface area (Å²) in [5, 5.41) is 0. The molecular weight excluding hydrogens is 465 g/mol. The van der Waals surface area contributed by atoms with Gasteiger partial charge in [-0.2, -0.15) is 0 Å². The molecule has 0 aliphatic carbocycles. The topological polar surface area (TPSA) is 45.6 Å². The van der Waals surface area contributed by atoms with Crippen molar-refractivity contribution in [1.82, 2.24) is 9.47 Å². The predicted octanol–water partition coefficient (Wildman–Crippen LogP) is 3.11. The van der Waals surface area contributed by atoms with Gasteiger partial charge in [-0.05, 0) is 0 Å². The molecule has 1 fully saturated rings. The van der Waals surface area contributed by atoms with E-state index in [2.05, 4.69) is 34.1 Å². The van der Waals surface area contributed by atoms with Crippen molar-refractivity contribution < 1.29 is 4.79 Å². The summed E-state index contributed by atoms with van der Waals surface area (Å²) in [4.78, 5) is 30.4. The molecule has 0 amide bonds. The van der Waals surface area contributed by atoms with Crippen LogP contribution in [0.3, 0.4) is 0 Å². The van der Waals surface area contributed by atoms with Crippen LogP contribution in [-0.2, 0) is 6.54 Å². The Labute approximate surface area is 193 Å². The molecule has 32 heavy (non-hydrogen) atoms. The third-order valence-electron chi connectivity index (χ3n) is 6.10. The van der Waals surface area contributed by atoms with E-state index >= 15 is 0 Å². The van der Waals surface area contributed by atoms with Crippen LogP contribution in [0.15, 0.2) is 83.7 Å². The number of piperazine rings is 1. The summed E-state index contributed by atoms with van der Waals surface area (Å²) in [5.41, 5.74) is 3.58. The number of rotatable bonds is 6. The molecule has 1 aliphatic rings. The van der Waals surface area contributed by atoms with Crippen LogP contribution in [0.4, 0.5) is 5.69 Å². The van der Waals surface area contributed by atoms with Crippen molar-refractivity contribution in [2.75, 3.05) is 37.6 Å². The van der Waals surface area contributed by atoms with Crippen molar-refractivity contribution in [1.29, 1.82) is 0 Å². The Morgan fingerprint density at radius 2 is 1.47 bits per heavy atom. The summed E-state index contributed by atoms with van der Waals surface area (Å²) in [6, 6.07) is 25.6. The molecular formula is C26H25N3O2Se. The number of carbonyl (C=O) groups is 1. The van der Waals surface area contributed by atoms with E-state index in [1.807, 2.05) is 59.2 Å². The number of carbonyl (C=O) groups excluding carboxylic acids is 1. The molecule has 0 unspecified atom stereocenters. The number of fused-ring (bicyclic) bond motifs is 1. The monoisotopic (exact) mass is 491 g/mol. The van der Waals surface area contributed by atoms with Crippen LogP contribution in [-0.4, -0.2) is 62.5 Å². The van der Waals surface area contributed by atoms with Crippen molar-refractivity contribution in [3.63, 3.8) is 0 Å². The van der Waals surface area contributed by atoms with E-state index in [4.69, 9.17) is 0 Å². The average Bonchev–Trinajstić information content (AvgIpc) is 3.17. The number of para-hydroxylation sites is 1. The second-order valence-corrected chi connectivity index (χ2v) is 10.1. The van der Waals surface area contributed by atoms with E-state index in [1.54, 1.807) is 0 Å². The van der Waals surface area contributed by atoms with Crippen LogP contribution in [0.25, 0.3) is 9.78 Å². The molecule has 5 nitrogen and oxygen atoms in total. The fourth-order valence-electron chi connectivity index (χ4n) is 4.29. The SMILES string of the molecule is O=C(c1ccccc1)c1ccc2c(c1)[se]c(=O)n2CCN1CCN(c2ccccc2)CC1. The Hall–Kier alpha value is -2.92. The molecule has 0 N–H and O–H groups in total. The van der Waals surface area contributed by atoms with Crippen LogP contribution < -0.4 is 9.33 Å². The molecule has 1 aliphatic heterocycles. The first-order valence-corrected chi connectivity index (χ1v) is 12.7. The van der Waals surface area contributed by atoms with Crippen molar-refractivity contribution in [2.45, 2.75) is 6.54 Å². The van der Waals surface area contributed by atoms with Crippen LogP contribution in [0.2, 0.25) is 0 Å². The van der Waals surface area contributed by atoms with Gasteiger partial charge in [0.25, 0.3) is 0 Å². The number of ketones is 1. The maximum absolute atomic E-state index is 12.8. The Morgan fingerprint density at radius 1 is 0.781 bits per heavy atom. The van der Waals surface area contributed by atoms with Gasteiger partial charge in [0.05, 0.1) is 0 Å². The second-order valence-electron chi connectivity index (χ2n) is 8.06. The zero-order valence-electron chi connectivity index (χ0n) is 17.8. The normalized spacial score (nSPS) is 14.7. The molecule has 162 valence electrons. The quantitative estimate of drug-likeness (QED) is 0.308. The molecule has 3 aromatic carbocycles. The van der Waals surface area contributed by atoms with E-state index < -0.39 is 0 Å². The van der Waals surface area contributed by atoms with E-state index in [1.165, 1.54) is 5.69 Å². The van der Waals surface area contributed by atoms with Gasteiger partial charge in [0, 0.05) is 0 Å². The molecule has 0 saturated carbocycles. The first-order chi connectivity index (χ1) is 15.7. The summed E-state index contributed by atoms with van der Waals surface area (Å²) < 4.78 is 3.10. The zero-order valence-corrected chi connectivity index (χ0v) is 19.5. The summed E-state index contributed by atoms with van der Waals surface area (Å²) in [5.74, 6) is 0.00591. The Morgan fingerprint density at radius 3 is 2.19 bits per heavy atom. The van der Waals surface area contributed by atoms with E-state index in [0.717, 1.165) is 42.5 Å².